The summed E-state index contributed by atoms with van der Waals surface area (Å²) in [6.45, 7) is 5.11. The van der Waals surface area contributed by atoms with E-state index >= 15 is 0 Å². The lowest BCUT2D eigenvalue weighted by molar-refractivity contribution is 0.0733. The second kappa shape index (κ2) is 12.9. The second-order valence-electron chi connectivity index (χ2n) is 5.87. The van der Waals surface area contributed by atoms with Gasteiger partial charge < -0.3 is 9.47 Å². The topological polar surface area (TPSA) is 39.7 Å². The van der Waals surface area contributed by atoms with E-state index in [1.54, 1.807) is 12.1 Å². The molecule has 0 unspecified atom stereocenters. The van der Waals surface area contributed by atoms with E-state index in [0.29, 0.717) is 40.5 Å². The van der Waals surface area contributed by atoms with Crippen molar-refractivity contribution in [1.82, 2.24) is 5.48 Å². The first-order valence-corrected chi connectivity index (χ1v) is 10.4. The molecule has 2 aromatic carbocycles. The van der Waals surface area contributed by atoms with Crippen molar-refractivity contribution in [2.24, 2.45) is 0 Å². The molecule has 4 nitrogen and oxygen atoms in total. The fraction of sp³-hybridized carbons (Fsp3) is 0.238. The molecule has 0 aliphatic rings. The zero-order chi connectivity index (χ0) is 21.1. The molecule has 0 amide bonds. The first-order chi connectivity index (χ1) is 14.0. The molecule has 0 spiro atoms. The highest BCUT2D eigenvalue weighted by atomic mass is 35.5. The van der Waals surface area contributed by atoms with Gasteiger partial charge in [0.1, 0.15) is 16.8 Å². The summed E-state index contributed by atoms with van der Waals surface area (Å²) < 4.78 is 11.3. The molecule has 0 heterocycles. The molecule has 8 heteroatoms. The average molecular weight is 477 g/mol. The van der Waals surface area contributed by atoms with Crippen molar-refractivity contribution < 1.29 is 14.3 Å². The van der Waals surface area contributed by atoms with Gasteiger partial charge in [-0.1, -0.05) is 83.3 Å². The van der Waals surface area contributed by atoms with Crippen molar-refractivity contribution in [3.8, 4) is 11.5 Å². The minimum atomic E-state index is 0.130. The number of rotatable bonds is 12. The van der Waals surface area contributed by atoms with Crippen LogP contribution in [0.3, 0.4) is 0 Å². The van der Waals surface area contributed by atoms with Gasteiger partial charge in [0, 0.05) is 12.1 Å². The summed E-state index contributed by atoms with van der Waals surface area (Å²) >= 11 is 23.5. The Hall–Kier alpha value is -1.56. The molecule has 0 atom stereocenters. The highest BCUT2D eigenvalue weighted by molar-refractivity contribution is 6.55. The quantitative estimate of drug-likeness (QED) is 0.263. The van der Waals surface area contributed by atoms with Crippen LogP contribution in [0.25, 0.3) is 5.70 Å². The number of ether oxygens (including phenoxy) is 2. The van der Waals surface area contributed by atoms with Crippen molar-refractivity contribution in [3.63, 3.8) is 0 Å². The van der Waals surface area contributed by atoms with Gasteiger partial charge in [0.25, 0.3) is 0 Å². The van der Waals surface area contributed by atoms with E-state index < -0.39 is 0 Å². The molecular weight excluding hydrogens is 456 g/mol. The fourth-order valence-electron chi connectivity index (χ4n) is 2.25. The van der Waals surface area contributed by atoms with E-state index in [4.69, 9.17) is 60.7 Å². The van der Waals surface area contributed by atoms with Crippen LogP contribution in [0.1, 0.15) is 18.4 Å². The van der Waals surface area contributed by atoms with Gasteiger partial charge in [0.05, 0.1) is 29.0 Å². The lowest BCUT2D eigenvalue weighted by Crippen LogP contribution is -2.13. The van der Waals surface area contributed by atoms with Crippen LogP contribution in [0.15, 0.2) is 59.6 Å². The summed E-state index contributed by atoms with van der Waals surface area (Å²) in [4.78, 5) is 5.42. The minimum absolute atomic E-state index is 0.130. The second-order valence-corrected chi connectivity index (χ2v) is 7.69. The molecule has 0 fully saturated rings. The first-order valence-electron chi connectivity index (χ1n) is 8.85. The summed E-state index contributed by atoms with van der Waals surface area (Å²) in [5.74, 6) is 0.916. The van der Waals surface area contributed by atoms with Gasteiger partial charge in [-0.25, -0.2) is 0 Å². The molecule has 0 saturated heterocycles. The molecule has 29 heavy (non-hydrogen) atoms. The van der Waals surface area contributed by atoms with E-state index in [9.17, 15) is 0 Å². The van der Waals surface area contributed by atoms with Crippen LogP contribution in [0, 0.1) is 0 Å². The van der Waals surface area contributed by atoms with Gasteiger partial charge in [-0.15, -0.1) is 0 Å². The highest BCUT2D eigenvalue weighted by Gasteiger charge is 2.10. The Morgan fingerprint density at radius 1 is 0.966 bits per heavy atom. The van der Waals surface area contributed by atoms with Crippen molar-refractivity contribution >= 4 is 52.1 Å². The van der Waals surface area contributed by atoms with Crippen molar-refractivity contribution in [1.29, 1.82) is 0 Å². The number of hydrogen-bond donors (Lipinski definition) is 1. The van der Waals surface area contributed by atoms with Gasteiger partial charge in [-0.2, -0.15) is 0 Å². The summed E-state index contributed by atoms with van der Waals surface area (Å²) in [7, 11) is 0. The molecule has 0 aliphatic carbocycles. The SMILES string of the molecule is C=C(NOCCCCOc1c(Cl)cc(OCC=C(Cl)Cl)cc1Cl)c1ccccc1. The third-order valence-corrected chi connectivity index (χ3v) is 4.53. The third kappa shape index (κ3) is 8.77. The Morgan fingerprint density at radius 3 is 2.28 bits per heavy atom. The largest absolute Gasteiger partial charge is 0.490 e. The first kappa shape index (κ1) is 23.7. The molecular formula is C21H21Cl4NO3. The molecule has 2 rings (SSSR count). The number of benzene rings is 2. The molecule has 156 valence electrons. The van der Waals surface area contributed by atoms with E-state index in [-0.39, 0.29) is 11.1 Å². The lowest BCUT2D eigenvalue weighted by atomic mass is 10.2. The van der Waals surface area contributed by atoms with Crippen LogP contribution in [0.4, 0.5) is 0 Å². The summed E-state index contributed by atoms with van der Waals surface area (Å²) in [5, 5.41) is 0.732. The zero-order valence-corrected chi connectivity index (χ0v) is 18.6. The molecule has 0 saturated carbocycles. The minimum Gasteiger partial charge on any atom is -0.490 e. The number of hydroxylamine groups is 1. The number of halogens is 4. The molecule has 2 aromatic rings. The van der Waals surface area contributed by atoms with Gasteiger partial charge in [-0.05, 0) is 24.5 Å². The molecule has 0 bridgehead atoms. The maximum absolute atomic E-state index is 6.23. The monoisotopic (exact) mass is 475 g/mol. The van der Waals surface area contributed by atoms with Gasteiger partial charge in [0.15, 0.2) is 5.75 Å². The van der Waals surface area contributed by atoms with E-state index in [2.05, 4.69) is 12.1 Å². The van der Waals surface area contributed by atoms with Crippen LogP contribution >= 0.6 is 46.4 Å². The van der Waals surface area contributed by atoms with Crippen molar-refractivity contribution in [2.75, 3.05) is 19.8 Å². The maximum atomic E-state index is 6.23. The molecule has 0 radical (unpaired) electrons. The van der Waals surface area contributed by atoms with Crippen LogP contribution in [0.5, 0.6) is 11.5 Å². The van der Waals surface area contributed by atoms with Crippen LogP contribution < -0.4 is 15.0 Å². The predicted octanol–water partition coefficient (Wildman–Crippen LogP) is 7.04. The molecule has 1 N–H and O–H groups in total. The maximum Gasteiger partial charge on any atom is 0.156 e. The smallest absolute Gasteiger partial charge is 0.156 e. The van der Waals surface area contributed by atoms with Crippen molar-refractivity contribution in [2.45, 2.75) is 12.8 Å². The van der Waals surface area contributed by atoms with Gasteiger partial charge >= 0.3 is 0 Å². The third-order valence-electron chi connectivity index (χ3n) is 3.66. The Labute approximate surface area is 190 Å². The average Bonchev–Trinajstić information content (AvgIpc) is 2.69. The lowest BCUT2D eigenvalue weighted by Gasteiger charge is -2.13. The normalized spacial score (nSPS) is 10.3. The van der Waals surface area contributed by atoms with Gasteiger partial charge in [-0.3, -0.25) is 10.3 Å². The van der Waals surface area contributed by atoms with Crippen LogP contribution in [-0.4, -0.2) is 19.8 Å². The number of unbranched alkanes of at least 4 members (excludes halogenated alkanes) is 1. The fourth-order valence-corrected chi connectivity index (χ4v) is 2.95. The Kier molecular flexibility index (Phi) is 10.5. The highest BCUT2D eigenvalue weighted by Crippen LogP contribution is 2.37. The summed E-state index contributed by atoms with van der Waals surface area (Å²) in [5.41, 5.74) is 4.54. The van der Waals surface area contributed by atoms with Crippen LogP contribution in [-0.2, 0) is 4.84 Å². The molecule has 0 aliphatic heterocycles. The number of hydrogen-bond acceptors (Lipinski definition) is 4. The Morgan fingerprint density at radius 2 is 1.62 bits per heavy atom. The standard InChI is InChI=1S/C21H21Cl4NO3/c1-15(16-7-3-2-4-8-16)26-29-11-6-5-10-28-21-18(22)13-17(14-19(21)23)27-12-9-20(24)25/h2-4,7-9,13-14,26H,1,5-6,10-12H2. The van der Waals surface area contributed by atoms with Gasteiger partial charge in [0.2, 0.25) is 0 Å². The molecule has 0 aromatic heterocycles. The summed E-state index contributed by atoms with van der Waals surface area (Å²) in [6, 6.07) is 13.0. The zero-order valence-electron chi connectivity index (χ0n) is 15.6. The van der Waals surface area contributed by atoms with E-state index in [1.165, 1.54) is 6.08 Å². The predicted molar refractivity (Wildman–Crippen MR) is 121 cm³/mol. The number of nitrogens with one attached hydrogen (secondary N) is 1. The Bertz CT molecular complexity index is 801. The van der Waals surface area contributed by atoms with Crippen molar-refractivity contribution in [3.05, 3.63) is 75.2 Å². The Balaban J connectivity index is 1.67. The van der Waals surface area contributed by atoms with Crippen LogP contribution in [0.2, 0.25) is 10.0 Å². The van der Waals surface area contributed by atoms with E-state index in [0.717, 1.165) is 18.4 Å². The van der Waals surface area contributed by atoms with E-state index in [1.807, 2.05) is 30.3 Å². The summed E-state index contributed by atoms with van der Waals surface area (Å²) in [6.07, 6.45) is 3.07.